The van der Waals surface area contributed by atoms with Gasteiger partial charge in [0, 0.05) is 5.41 Å². The minimum atomic E-state index is -0.317. The fraction of sp³-hybridized carbons (Fsp3) is 0.514. The van der Waals surface area contributed by atoms with Crippen LogP contribution in [0.1, 0.15) is 192 Å². The molecule has 1 aliphatic heterocycles. The van der Waals surface area contributed by atoms with Crippen LogP contribution < -0.4 is 5.46 Å². The van der Waals surface area contributed by atoms with Crippen LogP contribution in [0.15, 0.2) is 133 Å². The second kappa shape index (κ2) is 17.4. The molecule has 0 radical (unpaired) electrons. The van der Waals surface area contributed by atoms with E-state index in [9.17, 15) is 0 Å². The molecule has 0 amide bonds. The third-order valence-corrected chi connectivity index (χ3v) is 24.9. The van der Waals surface area contributed by atoms with Crippen LogP contribution in [0.2, 0.25) is 0 Å². The summed E-state index contributed by atoms with van der Waals surface area (Å²) in [5, 5.41) is 0. The highest BCUT2D eigenvalue weighted by Crippen LogP contribution is 2.77. The first-order chi connectivity index (χ1) is 37.2. The molecule has 6 aromatic carbocycles. The van der Waals surface area contributed by atoms with Crippen LogP contribution in [-0.4, -0.2) is 18.3 Å². The molecule has 77 heavy (non-hydrogen) atoms. The van der Waals surface area contributed by atoms with Crippen LogP contribution in [0, 0.1) is 40.9 Å². The average molecular weight is 1020 g/mol. The predicted octanol–water partition coefficient (Wildman–Crippen LogP) is 18.5. The highest BCUT2D eigenvalue weighted by atomic mass is 16.7. The minimum absolute atomic E-state index is 0.0211. The van der Waals surface area contributed by atoms with Crippen LogP contribution in [0.4, 0.5) is 0 Å². The van der Waals surface area contributed by atoms with Crippen LogP contribution in [0.5, 0.6) is 0 Å². The van der Waals surface area contributed by atoms with Crippen molar-refractivity contribution in [1.29, 1.82) is 0 Å². The number of hydrogen-bond donors (Lipinski definition) is 0. The lowest BCUT2D eigenvalue weighted by Gasteiger charge is -2.75. The topological polar surface area (TPSA) is 18.5 Å². The van der Waals surface area contributed by atoms with E-state index in [1.165, 1.54) is 160 Å². The van der Waals surface area contributed by atoms with Crippen molar-refractivity contribution >= 4 is 12.6 Å². The molecular weight excluding hydrogens is 932 g/mol. The van der Waals surface area contributed by atoms with Crippen molar-refractivity contribution in [3.8, 4) is 44.5 Å². The lowest BCUT2D eigenvalue weighted by atomic mass is 9.29. The maximum absolute atomic E-state index is 6.46. The highest BCUT2D eigenvalue weighted by Gasteiger charge is 2.71. The summed E-state index contributed by atoms with van der Waals surface area (Å²) in [5.41, 5.74) is 21.3. The molecule has 11 aliphatic carbocycles. The normalized spacial score (nSPS) is 33.7. The molecule has 0 atom stereocenters. The van der Waals surface area contributed by atoms with Gasteiger partial charge in [-0.15, -0.1) is 0 Å². The quantitative estimate of drug-likeness (QED) is 0.107. The number of benzene rings is 6. The van der Waals surface area contributed by atoms with Crippen molar-refractivity contribution in [3.05, 3.63) is 161 Å². The van der Waals surface area contributed by atoms with Crippen molar-refractivity contribution in [2.24, 2.45) is 40.9 Å². The van der Waals surface area contributed by atoms with Crippen molar-refractivity contribution < 1.29 is 9.31 Å². The van der Waals surface area contributed by atoms with Gasteiger partial charge in [-0.25, -0.2) is 0 Å². The zero-order valence-electron chi connectivity index (χ0n) is 47.8. The lowest BCUT2D eigenvalue weighted by Crippen LogP contribution is -2.69. The molecule has 3 heteroatoms. The second-order valence-electron chi connectivity index (χ2n) is 29.1. The molecular formula is C74H85BO2. The van der Waals surface area contributed by atoms with Gasteiger partial charge in [-0.1, -0.05) is 168 Å². The minimum Gasteiger partial charge on any atom is -0.399 e. The van der Waals surface area contributed by atoms with Gasteiger partial charge in [0.2, 0.25) is 0 Å². The Morgan fingerprint density at radius 2 is 0.714 bits per heavy atom. The van der Waals surface area contributed by atoms with E-state index in [-0.39, 0.29) is 23.7 Å². The van der Waals surface area contributed by atoms with Crippen molar-refractivity contribution in [1.82, 2.24) is 0 Å². The standard InChI is InChI=1S/C74H85BO2/c1-8-10-32-74(33-11-9-2)66-40-52(50-14-12-48(13-15-50)49-16-22-54(23-17-49)71-37-34-70(7,35-38-71)36-39-71)20-30-58(66)59-31-21-53(41-67(59)74)51-18-24-55(25-19-51)72-42-60-63-45-73(46-64(60)62(44-72)65(47-73)61(63)43-72)56-26-28-57(29-27-56)75-76-68(3,4)69(5,6)77-75/h12-31,40-41,60-65H,8-11,32-39,42-47H2,1-7H3. The van der Waals surface area contributed by atoms with Gasteiger partial charge in [-0.3, -0.25) is 0 Å². The van der Waals surface area contributed by atoms with Gasteiger partial charge in [0.15, 0.2) is 0 Å². The summed E-state index contributed by atoms with van der Waals surface area (Å²) in [7, 11) is -0.289. The van der Waals surface area contributed by atoms with Gasteiger partial charge in [0.25, 0.3) is 0 Å². The van der Waals surface area contributed by atoms with E-state index in [2.05, 4.69) is 182 Å². The van der Waals surface area contributed by atoms with Crippen LogP contribution >= 0.6 is 0 Å². The summed E-state index contributed by atoms with van der Waals surface area (Å²) < 4.78 is 12.9. The summed E-state index contributed by atoms with van der Waals surface area (Å²) in [6.07, 6.45) is 24.0. The second-order valence-corrected chi connectivity index (χ2v) is 29.1. The Balaban J connectivity index is 0.670. The lowest BCUT2D eigenvalue weighted by molar-refractivity contribution is -0.221. The first-order valence-corrected chi connectivity index (χ1v) is 31.2. The molecule has 2 nitrogen and oxygen atoms in total. The van der Waals surface area contributed by atoms with E-state index in [4.69, 9.17) is 9.31 Å². The smallest absolute Gasteiger partial charge is 0.399 e. The molecule has 12 aliphatic rings. The van der Waals surface area contributed by atoms with E-state index in [0.717, 1.165) is 41.0 Å². The summed E-state index contributed by atoms with van der Waals surface area (Å²) in [6, 6.07) is 54.2. The summed E-state index contributed by atoms with van der Waals surface area (Å²) in [6.45, 7) is 15.9. The molecule has 6 aromatic rings. The Hall–Kier alpha value is -4.70. The van der Waals surface area contributed by atoms with Gasteiger partial charge in [-0.2, -0.15) is 0 Å². The third-order valence-electron chi connectivity index (χ3n) is 24.9. The average Bonchev–Trinajstić information content (AvgIpc) is 4.03. The largest absolute Gasteiger partial charge is 0.494 e. The maximum atomic E-state index is 6.46. The Kier molecular flexibility index (Phi) is 11.2. The predicted molar refractivity (Wildman–Crippen MR) is 320 cm³/mol. The number of rotatable bonds is 13. The molecule has 11 fully saturated rings. The Morgan fingerprint density at radius 1 is 0.390 bits per heavy atom. The molecule has 10 saturated carbocycles. The molecule has 18 rings (SSSR count). The van der Waals surface area contributed by atoms with E-state index in [1.807, 2.05) is 0 Å². The summed E-state index contributed by atoms with van der Waals surface area (Å²) >= 11 is 0. The molecule has 1 saturated heterocycles. The molecule has 10 bridgehead atoms. The summed E-state index contributed by atoms with van der Waals surface area (Å²) in [4.78, 5) is 0. The molecule has 1 heterocycles. The van der Waals surface area contributed by atoms with Crippen LogP contribution in [-0.2, 0) is 31.0 Å². The van der Waals surface area contributed by atoms with Crippen molar-refractivity contribution in [2.45, 2.75) is 197 Å². The zero-order chi connectivity index (χ0) is 52.3. The summed E-state index contributed by atoms with van der Waals surface area (Å²) in [5.74, 6) is 5.36. The number of unbranched alkanes of at least 4 members (excludes halogenated alkanes) is 2. The van der Waals surface area contributed by atoms with Gasteiger partial charge in [-0.05, 0) is 265 Å². The third kappa shape index (κ3) is 7.39. The SMILES string of the molecule is CCCCC1(CCCC)c2cc(-c3ccc(-c4ccc(C56CCC(C)(CC5)CC6)cc4)cc3)ccc2-c2ccc(-c3ccc(C45CC6C7CC8(c9ccc(B%10OC(C)(C)C(C)(C)O%10)cc9)CC6C(C4)C(C8)C7C5)cc3)cc21. The van der Waals surface area contributed by atoms with Crippen molar-refractivity contribution in [2.75, 3.05) is 0 Å². The van der Waals surface area contributed by atoms with E-state index in [0.29, 0.717) is 21.7 Å². The van der Waals surface area contributed by atoms with Gasteiger partial charge in [0.1, 0.15) is 0 Å². The number of fused-ring (bicyclic) bond motifs is 6. The Bertz CT molecular complexity index is 3130. The Morgan fingerprint density at radius 3 is 1.09 bits per heavy atom. The van der Waals surface area contributed by atoms with Crippen LogP contribution in [0.3, 0.4) is 0 Å². The van der Waals surface area contributed by atoms with Gasteiger partial charge < -0.3 is 9.31 Å². The van der Waals surface area contributed by atoms with E-state index < -0.39 is 0 Å². The molecule has 0 aromatic heterocycles. The van der Waals surface area contributed by atoms with Gasteiger partial charge in [0.05, 0.1) is 11.2 Å². The number of hydrogen-bond acceptors (Lipinski definition) is 2. The maximum Gasteiger partial charge on any atom is 0.494 e. The van der Waals surface area contributed by atoms with Gasteiger partial charge >= 0.3 is 7.12 Å². The monoisotopic (exact) mass is 1020 g/mol. The fourth-order valence-corrected chi connectivity index (χ4v) is 19.8. The van der Waals surface area contributed by atoms with E-state index in [1.54, 1.807) is 27.8 Å². The molecule has 0 unspecified atom stereocenters. The van der Waals surface area contributed by atoms with E-state index >= 15 is 0 Å². The Labute approximate surface area is 463 Å². The molecule has 0 N–H and O–H groups in total. The first kappa shape index (κ1) is 49.4. The van der Waals surface area contributed by atoms with Crippen molar-refractivity contribution in [3.63, 3.8) is 0 Å². The molecule has 396 valence electrons. The highest BCUT2D eigenvalue weighted by molar-refractivity contribution is 6.62. The fourth-order valence-electron chi connectivity index (χ4n) is 19.8. The first-order valence-electron chi connectivity index (χ1n) is 31.2. The zero-order valence-corrected chi connectivity index (χ0v) is 47.8. The van der Waals surface area contributed by atoms with Crippen LogP contribution in [0.25, 0.3) is 44.5 Å². The molecule has 0 spiro atoms.